The van der Waals surface area contributed by atoms with Gasteiger partial charge in [-0.1, -0.05) is 26.0 Å². The van der Waals surface area contributed by atoms with Crippen LogP contribution >= 0.6 is 0 Å². The zero-order chi connectivity index (χ0) is 23.1. The Kier molecular flexibility index (Phi) is 7.35. The molecule has 0 fully saturated rings. The summed E-state index contributed by atoms with van der Waals surface area (Å²) >= 11 is 0. The van der Waals surface area contributed by atoms with E-state index in [1.54, 1.807) is 19.2 Å². The Morgan fingerprint density at radius 2 is 1.84 bits per heavy atom. The van der Waals surface area contributed by atoms with Crippen LogP contribution in [0.25, 0.3) is 5.53 Å². The summed E-state index contributed by atoms with van der Waals surface area (Å²) in [6.07, 6.45) is 0. The van der Waals surface area contributed by atoms with Crippen LogP contribution in [-0.4, -0.2) is 50.7 Å². The Morgan fingerprint density at radius 3 is 2.50 bits per heavy atom. The van der Waals surface area contributed by atoms with E-state index in [0.717, 1.165) is 11.3 Å². The van der Waals surface area contributed by atoms with Crippen molar-refractivity contribution in [3.05, 3.63) is 53.1 Å². The summed E-state index contributed by atoms with van der Waals surface area (Å²) < 4.78 is 32.6. The number of carbonyl (C=O) groups excluding carboxylic acids is 1. The van der Waals surface area contributed by atoms with Gasteiger partial charge in [-0.2, -0.15) is 4.79 Å². The molecule has 32 heavy (non-hydrogen) atoms. The minimum atomic E-state index is -0.830. The molecule has 3 rings (SSSR count). The van der Waals surface area contributed by atoms with Crippen LogP contribution in [0.15, 0.2) is 36.4 Å². The van der Waals surface area contributed by atoms with Crippen LogP contribution in [0, 0.1) is 5.41 Å². The molecule has 0 atom stereocenters. The molecule has 0 saturated heterocycles. The Labute approximate surface area is 186 Å². The molecule has 0 aromatic heterocycles. The number of hydrogen-bond acceptors (Lipinski definition) is 7. The topological polar surface area (TPSA) is 109 Å². The number of hydrogen-bond donors (Lipinski definition) is 0. The molecule has 0 N–H and O–H groups in total. The fraction of sp³-hybridized carbons (Fsp3) is 0.391. The fourth-order valence-electron chi connectivity index (χ4n) is 3.07. The highest BCUT2D eigenvalue weighted by Gasteiger charge is 2.36. The van der Waals surface area contributed by atoms with E-state index in [2.05, 4.69) is 4.79 Å². The van der Waals surface area contributed by atoms with Crippen LogP contribution < -0.4 is 18.9 Å². The minimum Gasteiger partial charge on any atom is -0.497 e. The molecular weight excluding hydrogens is 416 g/mol. The molecule has 0 aliphatic carbocycles. The van der Waals surface area contributed by atoms with Crippen molar-refractivity contribution in [2.45, 2.75) is 20.5 Å². The smallest absolute Gasteiger partial charge is 0.422 e. The summed E-state index contributed by atoms with van der Waals surface area (Å²) in [6.45, 7) is 5.12. The number of ether oxygens (including phenoxy) is 6. The molecular formula is C23H26N2O7. The third-order valence-corrected chi connectivity index (χ3v) is 4.76. The monoisotopic (exact) mass is 442 g/mol. The lowest BCUT2D eigenvalue weighted by molar-refractivity contribution is -0.137. The molecule has 9 nitrogen and oxygen atoms in total. The number of rotatable bonds is 10. The maximum atomic E-state index is 12.1. The van der Waals surface area contributed by atoms with E-state index in [1.807, 2.05) is 38.1 Å². The lowest BCUT2D eigenvalue weighted by atomic mass is 9.96. The summed E-state index contributed by atoms with van der Waals surface area (Å²) in [5.41, 5.74) is 9.94. The molecule has 2 aromatic carbocycles. The van der Waals surface area contributed by atoms with E-state index >= 15 is 0 Å². The predicted molar refractivity (Wildman–Crippen MR) is 114 cm³/mol. The van der Waals surface area contributed by atoms with E-state index in [4.69, 9.17) is 28.4 Å². The van der Waals surface area contributed by atoms with Gasteiger partial charge in [0.15, 0.2) is 17.1 Å². The third-order valence-electron chi connectivity index (χ3n) is 4.76. The Morgan fingerprint density at radius 1 is 1.09 bits per heavy atom. The van der Waals surface area contributed by atoms with Gasteiger partial charge in [0.25, 0.3) is 0 Å². The van der Waals surface area contributed by atoms with Crippen LogP contribution in [0.1, 0.15) is 25.0 Å². The highest BCUT2D eigenvalue weighted by atomic mass is 16.7. The van der Waals surface area contributed by atoms with Crippen molar-refractivity contribution < 1.29 is 38.0 Å². The molecule has 0 radical (unpaired) electrons. The SMILES string of the molecule is COC(=O)C(=[N+]=[N-])c1c(OCC(C)(C)COCc2ccc(OC)cc2)ccc2c1OCO2. The van der Waals surface area contributed by atoms with Crippen molar-refractivity contribution in [3.8, 4) is 23.0 Å². The first-order chi connectivity index (χ1) is 15.4. The number of fused-ring (bicyclic) bond motifs is 1. The first-order valence-electron chi connectivity index (χ1n) is 9.95. The normalized spacial score (nSPS) is 12.1. The third kappa shape index (κ3) is 5.38. The summed E-state index contributed by atoms with van der Waals surface area (Å²) in [7, 11) is 2.82. The second-order valence-corrected chi connectivity index (χ2v) is 7.91. The van der Waals surface area contributed by atoms with Crippen molar-refractivity contribution in [1.82, 2.24) is 0 Å². The van der Waals surface area contributed by atoms with Crippen LogP contribution in [-0.2, 0) is 20.9 Å². The number of methoxy groups -OCH3 is 2. The lowest BCUT2D eigenvalue weighted by Crippen LogP contribution is -2.28. The standard InChI is InChI=1S/C23H26N2O7/c1-23(2,12-29-11-15-5-7-16(27-3)8-6-15)13-30-17-9-10-18-21(32-14-31-18)19(17)20(25-24)22(26)28-4/h5-10H,11-14H2,1-4H3. The molecule has 9 heteroatoms. The second kappa shape index (κ2) is 10.2. The van der Waals surface area contributed by atoms with E-state index in [9.17, 15) is 10.3 Å². The molecule has 0 saturated carbocycles. The zero-order valence-corrected chi connectivity index (χ0v) is 18.5. The van der Waals surface area contributed by atoms with Crippen LogP contribution in [0.4, 0.5) is 0 Å². The van der Waals surface area contributed by atoms with Gasteiger partial charge in [-0.05, 0) is 29.8 Å². The van der Waals surface area contributed by atoms with Gasteiger partial charge in [0.1, 0.15) is 11.5 Å². The van der Waals surface area contributed by atoms with E-state index in [-0.39, 0.29) is 35.8 Å². The van der Waals surface area contributed by atoms with Gasteiger partial charge in [-0.25, -0.2) is 4.79 Å². The van der Waals surface area contributed by atoms with Gasteiger partial charge in [-0.15, -0.1) is 0 Å². The van der Waals surface area contributed by atoms with E-state index < -0.39 is 5.97 Å². The van der Waals surface area contributed by atoms with Crippen LogP contribution in [0.5, 0.6) is 23.0 Å². The van der Waals surface area contributed by atoms with E-state index in [0.29, 0.717) is 24.7 Å². The molecule has 1 aliphatic rings. The average molecular weight is 442 g/mol. The number of esters is 1. The molecule has 0 unspecified atom stereocenters. The molecule has 2 aromatic rings. The van der Waals surface area contributed by atoms with Crippen molar-refractivity contribution in [2.75, 3.05) is 34.2 Å². The largest absolute Gasteiger partial charge is 0.497 e. The maximum Gasteiger partial charge on any atom is 0.422 e. The molecule has 170 valence electrons. The summed E-state index contributed by atoms with van der Waals surface area (Å²) in [6, 6.07) is 11.0. The van der Waals surface area contributed by atoms with Gasteiger partial charge in [0.05, 0.1) is 34.0 Å². The summed E-state index contributed by atoms with van der Waals surface area (Å²) in [4.78, 5) is 15.2. The van der Waals surface area contributed by atoms with E-state index in [1.165, 1.54) is 7.11 Å². The van der Waals surface area contributed by atoms with Crippen molar-refractivity contribution >= 4 is 11.7 Å². The highest BCUT2D eigenvalue weighted by molar-refractivity contribution is 6.42. The number of carbonyl (C=O) groups is 1. The van der Waals surface area contributed by atoms with Gasteiger partial charge in [0.2, 0.25) is 6.79 Å². The van der Waals surface area contributed by atoms with Crippen LogP contribution in [0.2, 0.25) is 0 Å². The minimum absolute atomic E-state index is 0.0175. The first kappa shape index (κ1) is 23.1. The zero-order valence-electron chi connectivity index (χ0n) is 18.5. The van der Waals surface area contributed by atoms with Gasteiger partial charge in [-0.3, -0.25) is 0 Å². The van der Waals surface area contributed by atoms with Crippen LogP contribution in [0.3, 0.4) is 0 Å². The predicted octanol–water partition coefficient (Wildman–Crippen LogP) is 3.24. The quantitative estimate of drug-likeness (QED) is 0.240. The van der Waals surface area contributed by atoms with Gasteiger partial charge in [0, 0.05) is 5.41 Å². The molecule has 1 aliphatic heterocycles. The van der Waals surface area contributed by atoms with Gasteiger partial charge >= 0.3 is 11.7 Å². The second-order valence-electron chi connectivity index (χ2n) is 7.91. The van der Waals surface area contributed by atoms with Crippen molar-refractivity contribution in [1.29, 1.82) is 0 Å². The summed E-state index contributed by atoms with van der Waals surface area (Å²) in [5, 5.41) is 0. The molecule has 0 bridgehead atoms. The molecule has 0 spiro atoms. The Hall–Kier alpha value is -3.55. The molecule has 1 heterocycles. The number of nitrogens with zero attached hydrogens (tertiary/aromatic N) is 2. The van der Waals surface area contributed by atoms with Gasteiger partial charge < -0.3 is 34.0 Å². The number of benzene rings is 2. The van der Waals surface area contributed by atoms with Crippen molar-refractivity contribution in [3.63, 3.8) is 0 Å². The molecule has 0 amide bonds. The Bertz CT molecular complexity index is 1010. The first-order valence-corrected chi connectivity index (χ1v) is 9.95. The average Bonchev–Trinajstić information content (AvgIpc) is 3.28. The Balaban J connectivity index is 1.68. The lowest BCUT2D eigenvalue weighted by Gasteiger charge is -2.25. The summed E-state index contributed by atoms with van der Waals surface area (Å²) in [5.74, 6) is 0.938. The highest BCUT2D eigenvalue weighted by Crippen LogP contribution is 2.41. The fourth-order valence-corrected chi connectivity index (χ4v) is 3.07. The van der Waals surface area contributed by atoms with Crippen molar-refractivity contribution in [2.24, 2.45) is 5.41 Å². The maximum absolute atomic E-state index is 12.1.